The fourth-order valence-corrected chi connectivity index (χ4v) is 14.8. The summed E-state index contributed by atoms with van der Waals surface area (Å²) in [7, 11) is 3.04. The second kappa shape index (κ2) is 32.5. The van der Waals surface area contributed by atoms with Gasteiger partial charge < -0.3 is 20.5 Å². The van der Waals surface area contributed by atoms with Crippen molar-refractivity contribution < 1.29 is 9.47 Å². The number of methoxy groups -OCH3 is 2. The number of hydrogen-bond acceptors (Lipinski definition) is 21. The van der Waals surface area contributed by atoms with Crippen LogP contribution >= 0.6 is 0 Å². The number of fused-ring (bicyclic) bond motifs is 6. The molecule has 0 fully saturated rings. The molecule has 24 nitrogen and oxygen atoms in total. The Bertz CT molecular complexity index is 6840. The summed E-state index contributed by atoms with van der Waals surface area (Å²) < 4.78 is 15.6. The summed E-state index contributed by atoms with van der Waals surface area (Å²) in [5.74, 6) is 1.43. The maximum absolute atomic E-state index is 14.4. The maximum atomic E-state index is 14.4. The average Bonchev–Trinajstić information content (AvgIpc) is 0.757. The number of nitrogens with one attached hydrogen (secondary N) is 1. The van der Waals surface area contributed by atoms with E-state index in [-0.39, 0.29) is 52.5 Å². The van der Waals surface area contributed by atoms with Crippen LogP contribution in [-0.4, -0.2) is 97.7 Å². The van der Waals surface area contributed by atoms with Gasteiger partial charge in [0.15, 0.2) is 5.82 Å². The number of anilines is 2. The van der Waals surface area contributed by atoms with E-state index >= 15 is 0 Å². The van der Waals surface area contributed by atoms with Gasteiger partial charge in [0, 0.05) is 136 Å². The minimum absolute atomic E-state index is 0.0130. The Hall–Kier alpha value is -15.1. The van der Waals surface area contributed by atoms with E-state index in [1.807, 2.05) is 224 Å². The number of nitrogens with zero attached hydrogens (tertiary/aromatic N) is 17. The smallest absolute Gasteiger partial charge is 0.316 e. The largest absolute Gasteiger partial charge is 0.467 e. The molecule has 18 rings (SSSR count). The Labute approximate surface area is 659 Å². The highest BCUT2D eigenvalue weighted by Gasteiger charge is 2.26. The van der Waals surface area contributed by atoms with Gasteiger partial charge in [-0.3, -0.25) is 48.0 Å². The summed E-state index contributed by atoms with van der Waals surface area (Å²) in [6.07, 6.45) is 19.8. The van der Waals surface area contributed by atoms with Gasteiger partial charge in [-0.2, -0.15) is 0 Å². The first-order valence-corrected chi connectivity index (χ1v) is 37.3. The summed E-state index contributed by atoms with van der Waals surface area (Å²) in [5.41, 5.74) is 21.5. The molecular formula is C91H75N19O5. The first kappa shape index (κ1) is 74.0. The quantitative estimate of drug-likeness (QED) is 0.0855. The van der Waals surface area contributed by atoms with Crippen molar-refractivity contribution in [2.24, 2.45) is 0 Å². The van der Waals surface area contributed by atoms with Gasteiger partial charge in [0.25, 0.3) is 16.7 Å². The lowest BCUT2D eigenvalue weighted by Gasteiger charge is -2.22. The zero-order chi connectivity index (χ0) is 79.2. The molecule has 0 radical (unpaired) electrons. The molecule has 24 heteroatoms. The molecule has 0 aliphatic heterocycles. The molecule has 3 atom stereocenters. The predicted octanol–water partition coefficient (Wildman–Crippen LogP) is 16.0. The van der Waals surface area contributed by atoms with Crippen molar-refractivity contribution in [1.29, 1.82) is 0 Å². The Kier molecular flexibility index (Phi) is 20.9. The molecule has 0 aliphatic carbocycles. The lowest BCUT2D eigenvalue weighted by Crippen LogP contribution is -2.26. The van der Waals surface area contributed by atoms with Gasteiger partial charge in [-0.15, -0.1) is 0 Å². The Morgan fingerprint density at radius 1 is 0.391 bits per heavy atom. The molecular weight excluding hydrogens is 1440 g/mol. The van der Waals surface area contributed by atoms with E-state index in [0.717, 1.165) is 128 Å². The standard InChI is InChI=1S/C31H26N6O2.C30H25N7O2.C30H24N6O/c1-19(15-26-29-25(13-8-14-32-29)35-20(2)36-26)27-16-21-9-7-12-24(22-17-33-31(39-3)34-18-22)28(21)30(38)37(27)23-10-5-4-6-11-23;1-18-7-4-9-22(13-18)37-25(19(2)36-28-27-24(34-17-35-28)11-6-12-31-27)14-20-8-5-10-23(26(20)29(37)38)21-15-32-30(39-3)33-16-21;1-19(15-25-28-20(12-14-32-25)8-6-13-33-28)26-16-21-7-5-11-24(22-17-34-30(31)35-18-22)27(21)29(37)36(26)23-9-3-2-4-10-23/h4-14,16-19H,15H2,1-3H3;4-17,19H,1-3H3,(H,34,35,36);2-14,16-19H,15H2,1H3,(H2,31,34,35)/t3*19-/m101/s1. The third-order valence-electron chi connectivity index (χ3n) is 20.2. The molecule has 0 aliphatic rings. The summed E-state index contributed by atoms with van der Waals surface area (Å²) >= 11 is 0. The zero-order valence-electron chi connectivity index (χ0n) is 63.8. The lowest BCUT2D eigenvalue weighted by molar-refractivity contribution is 0.380. The summed E-state index contributed by atoms with van der Waals surface area (Å²) in [4.78, 5) is 105. The van der Waals surface area contributed by atoms with E-state index < -0.39 is 0 Å². The fraction of sp³-hybridized carbons (Fsp3) is 0.132. The van der Waals surface area contributed by atoms with Crippen molar-refractivity contribution in [2.45, 2.75) is 65.3 Å². The molecule has 0 saturated carbocycles. The number of ether oxygens (including phenoxy) is 2. The lowest BCUT2D eigenvalue weighted by atomic mass is 9.95. The van der Waals surface area contributed by atoms with E-state index in [1.165, 1.54) is 20.5 Å². The van der Waals surface area contributed by atoms with Gasteiger partial charge in [-0.1, -0.05) is 123 Å². The van der Waals surface area contributed by atoms with Crippen LogP contribution < -0.4 is 37.2 Å². The van der Waals surface area contributed by atoms with Crippen molar-refractivity contribution in [3.63, 3.8) is 0 Å². The molecule has 0 bridgehead atoms. The van der Waals surface area contributed by atoms with Gasteiger partial charge >= 0.3 is 12.0 Å². The molecule has 12 aromatic heterocycles. The Morgan fingerprint density at radius 3 is 1.37 bits per heavy atom. The number of para-hydroxylation sites is 2. The first-order chi connectivity index (χ1) is 56.2. The first-order valence-electron chi connectivity index (χ1n) is 37.3. The third kappa shape index (κ3) is 15.1. The monoisotopic (exact) mass is 1510 g/mol. The SMILES string of the molecule is COc1ncc(-c2cccc3cc([C@H](C)Cc4nc(C)nc5cccnc45)n(-c4ccccc4)c(=O)c23)cn1.COc1ncc(-c2cccc3cc([C@H](C)Nc4ncnc5cccnc45)n(-c4cccc(C)c4)c(=O)c23)cn1.C[C@H](Cc1nccc2cccnc12)c1cc2cccc(-c3cnc(N)nc3)c2c(=O)n1-c1ccccc1. The van der Waals surface area contributed by atoms with Crippen LogP contribution in [0.5, 0.6) is 12.0 Å². The normalized spacial score (nSPS) is 12.1. The maximum Gasteiger partial charge on any atom is 0.316 e. The van der Waals surface area contributed by atoms with E-state index in [0.29, 0.717) is 46.2 Å². The molecule has 0 saturated heterocycles. The highest BCUT2D eigenvalue weighted by atomic mass is 16.5. The van der Waals surface area contributed by atoms with Crippen molar-refractivity contribution in [3.05, 3.63) is 339 Å². The highest BCUT2D eigenvalue weighted by Crippen LogP contribution is 2.36. The Balaban J connectivity index is 0.000000130. The van der Waals surface area contributed by atoms with Crippen LogP contribution in [0.4, 0.5) is 11.8 Å². The molecule has 0 spiro atoms. The van der Waals surface area contributed by atoms with Crippen LogP contribution in [0.15, 0.2) is 283 Å². The number of rotatable bonds is 17. The number of pyridine rings is 7. The number of aryl methyl sites for hydroxylation is 2. The van der Waals surface area contributed by atoms with Crippen molar-refractivity contribution in [3.8, 4) is 62.5 Å². The molecule has 6 aromatic carbocycles. The highest BCUT2D eigenvalue weighted by molar-refractivity contribution is 5.99. The van der Waals surface area contributed by atoms with Gasteiger partial charge in [-0.05, 0) is 157 Å². The van der Waals surface area contributed by atoms with Crippen molar-refractivity contribution >= 4 is 77.1 Å². The third-order valence-corrected chi connectivity index (χ3v) is 20.2. The second-order valence-corrected chi connectivity index (χ2v) is 27.8. The molecule has 0 amide bonds. The number of nitrogen functional groups attached to an aromatic ring is 1. The molecule has 12 heterocycles. The summed E-state index contributed by atoms with van der Waals surface area (Å²) in [6, 6.07) is 64.9. The molecule has 115 heavy (non-hydrogen) atoms. The van der Waals surface area contributed by atoms with E-state index in [4.69, 9.17) is 20.2 Å². The van der Waals surface area contributed by atoms with Crippen LogP contribution in [-0.2, 0) is 12.8 Å². The van der Waals surface area contributed by atoms with Crippen molar-refractivity contribution in [1.82, 2.24) is 83.5 Å². The number of hydrogen-bond donors (Lipinski definition) is 2. The van der Waals surface area contributed by atoms with Gasteiger partial charge in [0.05, 0.1) is 64.4 Å². The summed E-state index contributed by atoms with van der Waals surface area (Å²) in [6.45, 7) is 10.1. The van der Waals surface area contributed by atoms with Crippen LogP contribution in [0.1, 0.15) is 78.5 Å². The molecule has 18 aromatic rings. The number of benzene rings is 6. The molecule has 0 unspecified atom stereocenters. The van der Waals surface area contributed by atoms with Crippen LogP contribution in [0.2, 0.25) is 0 Å². The number of nitrogens with two attached hydrogens (primary N) is 1. The van der Waals surface area contributed by atoms with Gasteiger partial charge in [-0.25, -0.2) is 49.8 Å². The van der Waals surface area contributed by atoms with E-state index in [9.17, 15) is 14.4 Å². The van der Waals surface area contributed by atoms with Crippen LogP contribution in [0.3, 0.4) is 0 Å². The predicted molar refractivity (Wildman–Crippen MR) is 449 cm³/mol. The second-order valence-electron chi connectivity index (χ2n) is 27.8. The number of aromatic nitrogens is 17. The van der Waals surface area contributed by atoms with Crippen LogP contribution in [0, 0.1) is 13.8 Å². The minimum atomic E-state index is -0.296. The molecule has 564 valence electrons. The topological polar surface area (TPSA) is 303 Å². The van der Waals surface area contributed by atoms with Gasteiger partial charge in [0.1, 0.15) is 23.2 Å². The van der Waals surface area contributed by atoms with Crippen molar-refractivity contribution in [2.75, 3.05) is 25.3 Å². The fourth-order valence-electron chi connectivity index (χ4n) is 14.8. The summed E-state index contributed by atoms with van der Waals surface area (Å²) in [5, 5.41) is 8.84. The Morgan fingerprint density at radius 2 is 0.843 bits per heavy atom. The van der Waals surface area contributed by atoms with E-state index in [2.05, 4.69) is 96.1 Å². The minimum Gasteiger partial charge on any atom is -0.467 e. The average molecular weight is 1510 g/mol. The van der Waals surface area contributed by atoms with Gasteiger partial charge in [0.2, 0.25) is 5.95 Å². The zero-order valence-corrected chi connectivity index (χ0v) is 63.8. The van der Waals surface area contributed by atoms with E-state index in [1.54, 1.807) is 60.3 Å². The van der Waals surface area contributed by atoms with Crippen LogP contribution in [0.25, 0.3) is 116 Å². The molecule has 3 N–H and O–H groups in total.